The average molecular weight is 287 g/mol. The Labute approximate surface area is 128 Å². The molecule has 2 aromatic rings. The molecule has 0 bridgehead atoms. The highest BCUT2D eigenvalue weighted by Crippen LogP contribution is 2.20. The Hall–Kier alpha value is -1.51. The maximum atomic E-state index is 4.09. The molecule has 2 N–H and O–H groups in total. The summed E-state index contributed by atoms with van der Waals surface area (Å²) in [5.74, 6) is 0. The standard InChI is InChI=1S/C18H29N3/c1-3-5-7-9-16(10-8-6-4-2)20-17-12-11-15-14-19-21-18(15)13-17/h11-14,16,20H,3-10H2,1-2H3,(H,19,21). The first-order valence-electron chi connectivity index (χ1n) is 8.53. The third-order valence-electron chi connectivity index (χ3n) is 4.12. The molecule has 0 aliphatic carbocycles. The molecule has 0 aliphatic heterocycles. The van der Waals surface area contributed by atoms with Gasteiger partial charge in [0.15, 0.2) is 0 Å². The molecular formula is C18H29N3. The molecule has 3 heteroatoms. The number of anilines is 1. The SMILES string of the molecule is CCCCCC(CCCCC)Nc1ccc2cn[nH]c2c1. The van der Waals surface area contributed by atoms with Gasteiger partial charge in [-0.25, -0.2) is 0 Å². The van der Waals surface area contributed by atoms with E-state index in [0.29, 0.717) is 6.04 Å². The molecule has 0 radical (unpaired) electrons. The highest BCUT2D eigenvalue weighted by molar-refractivity contribution is 5.81. The molecule has 0 spiro atoms. The van der Waals surface area contributed by atoms with Crippen LogP contribution >= 0.6 is 0 Å². The van der Waals surface area contributed by atoms with Gasteiger partial charge in [-0.05, 0) is 31.0 Å². The minimum absolute atomic E-state index is 0.600. The van der Waals surface area contributed by atoms with Crippen molar-refractivity contribution in [2.24, 2.45) is 0 Å². The number of nitrogens with one attached hydrogen (secondary N) is 2. The van der Waals surface area contributed by atoms with Gasteiger partial charge in [-0.1, -0.05) is 52.4 Å². The first kappa shape index (κ1) is 15.9. The van der Waals surface area contributed by atoms with E-state index < -0.39 is 0 Å². The lowest BCUT2D eigenvalue weighted by atomic mass is 10.0. The van der Waals surface area contributed by atoms with Gasteiger partial charge in [0.25, 0.3) is 0 Å². The molecule has 1 aromatic carbocycles. The van der Waals surface area contributed by atoms with E-state index in [4.69, 9.17) is 0 Å². The third kappa shape index (κ3) is 5.07. The zero-order valence-electron chi connectivity index (χ0n) is 13.5. The van der Waals surface area contributed by atoms with E-state index in [1.165, 1.54) is 62.4 Å². The molecule has 2 rings (SSSR count). The van der Waals surface area contributed by atoms with Crippen molar-refractivity contribution in [1.29, 1.82) is 0 Å². The predicted octanol–water partition coefficient (Wildman–Crippen LogP) is 5.50. The number of hydrogen-bond acceptors (Lipinski definition) is 2. The topological polar surface area (TPSA) is 40.7 Å². The van der Waals surface area contributed by atoms with Crippen LogP contribution in [0.3, 0.4) is 0 Å². The highest BCUT2D eigenvalue weighted by Gasteiger charge is 2.09. The summed E-state index contributed by atoms with van der Waals surface area (Å²) in [5, 5.41) is 12.0. The summed E-state index contributed by atoms with van der Waals surface area (Å²) in [6, 6.07) is 7.08. The maximum absolute atomic E-state index is 4.09. The summed E-state index contributed by atoms with van der Waals surface area (Å²) < 4.78 is 0. The summed E-state index contributed by atoms with van der Waals surface area (Å²) in [4.78, 5) is 0. The summed E-state index contributed by atoms with van der Waals surface area (Å²) >= 11 is 0. The van der Waals surface area contributed by atoms with Crippen molar-refractivity contribution in [1.82, 2.24) is 10.2 Å². The van der Waals surface area contributed by atoms with E-state index >= 15 is 0 Å². The van der Waals surface area contributed by atoms with Gasteiger partial charge in [0, 0.05) is 17.1 Å². The molecular weight excluding hydrogens is 258 g/mol. The number of H-pyrrole nitrogens is 1. The Balaban J connectivity index is 1.94. The molecule has 0 unspecified atom stereocenters. The van der Waals surface area contributed by atoms with Crippen LogP contribution < -0.4 is 5.32 Å². The van der Waals surface area contributed by atoms with E-state index in [2.05, 4.69) is 47.6 Å². The van der Waals surface area contributed by atoms with E-state index in [1.54, 1.807) is 0 Å². The molecule has 0 amide bonds. The average Bonchev–Trinajstić information content (AvgIpc) is 2.95. The van der Waals surface area contributed by atoms with E-state index in [1.807, 2.05) is 6.20 Å². The van der Waals surface area contributed by atoms with Crippen molar-refractivity contribution >= 4 is 16.6 Å². The van der Waals surface area contributed by atoms with E-state index in [9.17, 15) is 0 Å². The van der Waals surface area contributed by atoms with Gasteiger partial charge in [-0.3, -0.25) is 5.10 Å². The van der Waals surface area contributed by atoms with Crippen LogP contribution in [-0.2, 0) is 0 Å². The summed E-state index contributed by atoms with van der Waals surface area (Å²) in [5.41, 5.74) is 2.32. The quantitative estimate of drug-likeness (QED) is 0.566. The lowest BCUT2D eigenvalue weighted by Gasteiger charge is -2.20. The van der Waals surface area contributed by atoms with E-state index in [-0.39, 0.29) is 0 Å². The smallest absolute Gasteiger partial charge is 0.0670 e. The monoisotopic (exact) mass is 287 g/mol. The fourth-order valence-corrected chi connectivity index (χ4v) is 2.83. The fourth-order valence-electron chi connectivity index (χ4n) is 2.83. The van der Waals surface area contributed by atoms with Crippen LogP contribution in [-0.4, -0.2) is 16.2 Å². The largest absolute Gasteiger partial charge is 0.382 e. The summed E-state index contributed by atoms with van der Waals surface area (Å²) in [6.45, 7) is 4.54. The van der Waals surface area contributed by atoms with Crippen LogP contribution in [0.25, 0.3) is 10.9 Å². The molecule has 1 aromatic heterocycles. The minimum Gasteiger partial charge on any atom is -0.382 e. The van der Waals surface area contributed by atoms with Crippen LogP contribution in [0, 0.1) is 0 Å². The van der Waals surface area contributed by atoms with Crippen molar-refractivity contribution in [3.63, 3.8) is 0 Å². The predicted molar refractivity (Wildman–Crippen MR) is 91.8 cm³/mol. The van der Waals surface area contributed by atoms with Crippen LogP contribution in [0.1, 0.15) is 65.2 Å². The molecule has 0 saturated carbocycles. The Morgan fingerprint density at radius 1 is 1.05 bits per heavy atom. The third-order valence-corrected chi connectivity index (χ3v) is 4.12. The van der Waals surface area contributed by atoms with Crippen LogP contribution in [0.2, 0.25) is 0 Å². The second-order valence-electron chi connectivity index (χ2n) is 6.00. The Morgan fingerprint density at radius 3 is 2.43 bits per heavy atom. The Kier molecular flexibility index (Phi) is 6.58. The number of unbranched alkanes of at least 4 members (excludes halogenated alkanes) is 4. The lowest BCUT2D eigenvalue weighted by Crippen LogP contribution is -2.19. The van der Waals surface area contributed by atoms with Gasteiger partial charge < -0.3 is 5.32 Å². The van der Waals surface area contributed by atoms with Crippen LogP contribution in [0.15, 0.2) is 24.4 Å². The second kappa shape index (κ2) is 8.71. The molecule has 21 heavy (non-hydrogen) atoms. The van der Waals surface area contributed by atoms with Gasteiger partial charge in [0.1, 0.15) is 0 Å². The van der Waals surface area contributed by atoms with Crippen LogP contribution in [0.4, 0.5) is 5.69 Å². The number of benzene rings is 1. The van der Waals surface area contributed by atoms with Gasteiger partial charge in [0.05, 0.1) is 11.7 Å². The summed E-state index contributed by atoms with van der Waals surface area (Å²) in [6.07, 6.45) is 12.3. The first-order valence-corrected chi connectivity index (χ1v) is 8.53. The number of rotatable bonds is 10. The zero-order valence-corrected chi connectivity index (χ0v) is 13.5. The van der Waals surface area contributed by atoms with Crippen molar-refractivity contribution in [3.05, 3.63) is 24.4 Å². The maximum Gasteiger partial charge on any atom is 0.0670 e. The molecule has 0 saturated heterocycles. The molecule has 3 nitrogen and oxygen atoms in total. The number of nitrogens with zero attached hydrogens (tertiary/aromatic N) is 1. The molecule has 116 valence electrons. The van der Waals surface area contributed by atoms with Crippen molar-refractivity contribution in [3.8, 4) is 0 Å². The number of fused-ring (bicyclic) bond motifs is 1. The number of aromatic nitrogens is 2. The molecule has 0 atom stereocenters. The van der Waals surface area contributed by atoms with E-state index in [0.717, 1.165) is 5.52 Å². The van der Waals surface area contributed by atoms with Crippen molar-refractivity contribution in [2.45, 2.75) is 71.3 Å². The van der Waals surface area contributed by atoms with Crippen molar-refractivity contribution in [2.75, 3.05) is 5.32 Å². The van der Waals surface area contributed by atoms with Gasteiger partial charge >= 0.3 is 0 Å². The minimum atomic E-state index is 0.600. The Morgan fingerprint density at radius 2 is 1.76 bits per heavy atom. The number of hydrogen-bond donors (Lipinski definition) is 2. The highest BCUT2D eigenvalue weighted by atomic mass is 15.1. The first-order chi connectivity index (χ1) is 10.3. The molecule has 1 heterocycles. The fraction of sp³-hybridized carbons (Fsp3) is 0.611. The Bertz CT molecular complexity index is 508. The van der Waals surface area contributed by atoms with Gasteiger partial charge in [-0.2, -0.15) is 5.10 Å². The zero-order chi connectivity index (χ0) is 14.9. The lowest BCUT2D eigenvalue weighted by molar-refractivity contribution is 0.526. The van der Waals surface area contributed by atoms with Crippen molar-refractivity contribution < 1.29 is 0 Å². The normalized spacial score (nSPS) is 11.4. The van der Waals surface area contributed by atoms with Crippen LogP contribution in [0.5, 0.6) is 0 Å². The second-order valence-corrected chi connectivity index (χ2v) is 6.00. The van der Waals surface area contributed by atoms with Gasteiger partial charge in [-0.15, -0.1) is 0 Å². The molecule has 0 aliphatic rings. The number of aromatic amines is 1. The summed E-state index contributed by atoms with van der Waals surface area (Å²) in [7, 11) is 0. The van der Waals surface area contributed by atoms with Gasteiger partial charge in [0.2, 0.25) is 0 Å². The molecule has 0 fully saturated rings.